The summed E-state index contributed by atoms with van der Waals surface area (Å²) >= 11 is 0. The summed E-state index contributed by atoms with van der Waals surface area (Å²) in [6.45, 7) is 10.0. The van der Waals surface area contributed by atoms with Crippen LogP contribution in [0.2, 0.25) is 0 Å². The van der Waals surface area contributed by atoms with Gasteiger partial charge >= 0.3 is 0 Å². The van der Waals surface area contributed by atoms with Crippen LogP contribution in [-0.2, 0) is 26.2 Å². The molecule has 0 spiro atoms. The van der Waals surface area contributed by atoms with Crippen LogP contribution in [0.4, 0.5) is 5.69 Å². The number of amides is 2. The van der Waals surface area contributed by atoms with E-state index in [0.717, 1.165) is 16.7 Å². The number of carbonyl (C=O) groups excluding carboxylic acids is 2. The Kier molecular flexibility index (Phi) is 10.3. The number of benzene rings is 2. The summed E-state index contributed by atoms with van der Waals surface area (Å²) in [5.74, 6) is -0.350. The van der Waals surface area contributed by atoms with Crippen LogP contribution in [0.25, 0.3) is 0 Å². The fourth-order valence-electron chi connectivity index (χ4n) is 4.13. The summed E-state index contributed by atoms with van der Waals surface area (Å²) in [5.41, 5.74) is 3.49. The molecule has 1 atom stereocenters. The molecule has 35 heavy (non-hydrogen) atoms. The van der Waals surface area contributed by atoms with E-state index >= 15 is 0 Å². The second kappa shape index (κ2) is 12.7. The number of aryl methyl sites for hydroxylation is 2. The van der Waals surface area contributed by atoms with Crippen LogP contribution in [-0.4, -0.2) is 50.0 Å². The molecule has 0 unspecified atom stereocenters. The van der Waals surface area contributed by atoms with E-state index in [2.05, 4.69) is 5.32 Å². The van der Waals surface area contributed by atoms with Gasteiger partial charge in [-0.25, -0.2) is 8.42 Å². The maximum atomic E-state index is 13.4. The Morgan fingerprint density at radius 1 is 1.03 bits per heavy atom. The van der Waals surface area contributed by atoms with Crippen molar-refractivity contribution in [2.45, 2.75) is 72.5 Å². The standard InChI is InChI=1S/C27H39N3O4S/c1-7-24(27(32)28-20(2)3)29(19-23-14-10-12-21(4)18-23)26(31)16-11-17-30(35(6,33)34)25-15-9-8-13-22(25)5/h8-10,12-15,18,20,24H,7,11,16-17,19H2,1-6H3,(H,28,32)/t24-/m0/s1. The summed E-state index contributed by atoms with van der Waals surface area (Å²) < 4.78 is 26.3. The molecule has 0 aromatic heterocycles. The fraction of sp³-hybridized carbons (Fsp3) is 0.481. The van der Waals surface area contributed by atoms with Crippen molar-refractivity contribution in [1.82, 2.24) is 10.2 Å². The summed E-state index contributed by atoms with van der Waals surface area (Å²) in [4.78, 5) is 28.0. The number of rotatable bonds is 12. The molecule has 0 aliphatic carbocycles. The first kappa shape index (κ1) is 28.4. The molecule has 0 aliphatic rings. The average molecular weight is 502 g/mol. The van der Waals surface area contributed by atoms with E-state index in [1.807, 2.05) is 71.0 Å². The second-order valence-electron chi connectivity index (χ2n) is 9.32. The highest BCUT2D eigenvalue weighted by atomic mass is 32.2. The molecule has 192 valence electrons. The first-order valence-corrected chi connectivity index (χ1v) is 14.0. The number of hydrogen-bond donors (Lipinski definition) is 1. The van der Waals surface area contributed by atoms with Crippen LogP contribution in [0.1, 0.15) is 56.7 Å². The van der Waals surface area contributed by atoms with Gasteiger partial charge in [0.15, 0.2) is 0 Å². The predicted octanol–water partition coefficient (Wildman–Crippen LogP) is 4.18. The third-order valence-electron chi connectivity index (χ3n) is 5.79. The number of hydrogen-bond acceptors (Lipinski definition) is 4. The first-order valence-electron chi connectivity index (χ1n) is 12.1. The number of nitrogens with zero attached hydrogens (tertiary/aromatic N) is 2. The van der Waals surface area contributed by atoms with E-state index in [1.54, 1.807) is 17.0 Å². The molecule has 0 bridgehead atoms. The third kappa shape index (κ3) is 8.38. The number of para-hydroxylation sites is 1. The molecular weight excluding hydrogens is 462 g/mol. The molecule has 2 aromatic carbocycles. The highest BCUT2D eigenvalue weighted by molar-refractivity contribution is 7.92. The zero-order valence-corrected chi connectivity index (χ0v) is 22.6. The first-order chi connectivity index (χ1) is 16.4. The van der Waals surface area contributed by atoms with Crippen LogP contribution in [0.15, 0.2) is 48.5 Å². The van der Waals surface area contributed by atoms with Gasteiger partial charge in [-0.2, -0.15) is 0 Å². The maximum absolute atomic E-state index is 13.4. The highest BCUT2D eigenvalue weighted by Crippen LogP contribution is 2.23. The van der Waals surface area contributed by atoms with E-state index in [1.165, 1.54) is 10.6 Å². The van der Waals surface area contributed by atoms with E-state index in [4.69, 9.17) is 0 Å². The Balaban J connectivity index is 2.23. The monoisotopic (exact) mass is 501 g/mol. The van der Waals surface area contributed by atoms with E-state index in [9.17, 15) is 18.0 Å². The lowest BCUT2D eigenvalue weighted by molar-refractivity contribution is -0.141. The van der Waals surface area contributed by atoms with Crippen LogP contribution < -0.4 is 9.62 Å². The van der Waals surface area contributed by atoms with E-state index in [-0.39, 0.29) is 30.8 Å². The van der Waals surface area contributed by atoms with Crippen molar-refractivity contribution in [3.8, 4) is 0 Å². The Morgan fingerprint density at radius 2 is 1.71 bits per heavy atom. The predicted molar refractivity (Wildman–Crippen MR) is 142 cm³/mol. The van der Waals surface area contributed by atoms with Crippen molar-refractivity contribution in [2.24, 2.45) is 0 Å². The van der Waals surface area contributed by atoms with Gasteiger partial charge in [0.05, 0.1) is 11.9 Å². The third-order valence-corrected chi connectivity index (χ3v) is 6.97. The molecule has 7 nitrogen and oxygen atoms in total. The van der Waals surface area contributed by atoms with Gasteiger partial charge in [0, 0.05) is 25.6 Å². The molecule has 2 rings (SSSR count). The van der Waals surface area contributed by atoms with Gasteiger partial charge in [-0.15, -0.1) is 0 Å². The lowest BCUT2D eigenvalue weighted by Crippen LogP contribution is -2.50. The maximum Gasteiger partial charge on any atom is 0.243 e. The zero-order chi connectivity index (χ0) is 26.2. The molecule has 0 aliphatic heterocycles. The highest BCUT2D eigenvalue weighted by Gasteiger charge is 2.29. The van der Waals surface area contributed by atoms with Gasteiger partial charge < -0.3 is 10.2 Å². The normalized spacial score (nSPS) is 12.3. The van der Waals surface area contributed by atoms with Gasteiger partial charge in [0.2, 0.25) is 21.8 Å². The van der Waals surface area contributed by atoms with Crippen molar-refractivity contribution >= 4 is 27.5 Å². The summed E-state index contributed by atoms with van der Waals surface area (Å²) in [5, 5.41) is 2.93. The lowest BCUT2D eigenvalue weighted by Gasteiger charge is -2.32. The minimum atomic E-state index is -3.52. The molecule has 0 heterocycles. The van der Waals surface area contributed by atoms with Crippen LogP contribution in [0.3, 0.4) is 0 Å². The van der Waals surface area contributed by atoms with Gasteiger partial charge in [0.1, 0.15) is 6.04 Å². The van der Waals surface area contributed by atoms with Crippen LogP contribution in [0, 0.1) is 13.8 Å². The van der Waals surface area contributed by atoms with Gasteiger partial charge in [-0.1, -0.05) is 55.0 Å². The molecule has 1 N–H and O–H groups in total. The number of sulfonamides is 1. The van der Waals surface area contributed by atoms with Gasteiger partial charge in [-0.05, 0) is 57.7 Å². The largest absolute Gasteiger partial charge is 0.352 e. The van der Waals surface area contributed by atoms with Crippen molar-refractivity contribution < 1.29 is 18.0 Å². The van der Waals surface area contributed by atoms with Crippen molar-refractivity contribution in [2.75, 3.05) is 17.1 Å². The average Bonchev–Trinajstić information content (AvgIpc) is 2.76. The molecular formula is C27H39N3O4S. The minimum absolute atomic E-state index is 0.0371. The molecule has 0 saturated carbocycles. The van der Waals surface area contributed by atoms with Crippen LogP contribution in [0.5, 0.6) is 0 Å². The van der Waals surface area contributed by atoms with Crippen molar-refractivity contribution in [1.29, 1.82) is 0 Å². The van der Waals surface area contributed by atoms with Crippen molar-refractivity contribution in [3.05, 3.63) is 65.2 Å². The lowest BCUT2D eigenvalue weighted by atomic mass is 10.1. The second-order valence-corrected chi connectivity index (χ2v) is 11.2. The Hall–Kier alpha value is -2.87. The Bertz CT molecular complexity index is 1110. The SMILES string of the molecule is CC[C@@H](C(=O)NC(C)C)N(Cc1cccc(C)c1)C(=O)CCCN(c1ccccc1C)S(C)(=O)=O. The number of anilines is 1. The minimum Gasteiger partial charge on any atom is -0.352 e. The molecule has 2 aromatic rings. The Labute approximate surface area is 210 Å². The van der Waals surface area contributed by atoms with Crippen LogP contribution >= 0.6 is 0 Å². The molecule has 0 saturated heterocycles. The summed E-state index contributed by atoms with van der Waals surface area (Å²) in [7, 11) is -3.52. The topological polar surface area (TPSA) is 86.8 Å². The van der Waals surface area contributed by atoms with E-state index < -0.39 is 16.1 Å². The smallest absolute Gasteiger partial charge is 0.243 e. The van der Waals surface area contributed by atoms with Crippen molar-refractivity contribution in [3.63, 3.8) is 0 Å². The summed E-state index contributed by atoms with van der Waals surface area (Å²) in [6, 6.07) is 14.5. The van der Waals surface area contributed by atoms with Gasteiger partial charge in [-0.3, -0.25) is 13.9 Å². The number of nitrogens with one attached hydrogen (secondary N) is 1. The van der Waals surface area contributed by atoms with E-state index in [0.29, 0.717) is 25.1 Å². The number of carbonyl (C=O) groups is 2. The van der Waals surface area contributed by atoms with Gasteiger partial charge in [0.25, 0.3) is 0 Å². The molecule has 8 heteroatoms. The Morgan fingerprint density at radius 3 is 2.29 bits per heavy atom. The fourth-order valence-corrected chi connectivity index (χ4v) is 5.16. The summed E-state index contributed by atoms with van der Waals surface area (Å²) in [6.07, 6.45) is 2.13. The quantitative estimate of drug-likeness (QED) is 0.473. The zero-order valence-electron chi connectivity index (χ0n) is 21.7. The molecule has 2 amide bonds. The molecule has 0 radical (unpaired) electrons. The molecule has 0 fully saturated rings.